The van der Waals surface area contributed by atoms with Gasteiger partial charge in [0.2, 0.25) is 0 Å². The minimum atomic E-state index is 0.411. The zero-order valence-electron chi connectivity index (χ0n) is 6.20. The maximum Gasteiger partial charge on any atom is 0.144 e. The summed E-state index contributed by atoms with van der Waals surface area (Å²) in [4.78, 5) is 10.7. The number of nitrogens with one attached hydrogen (secondary N) is 1. The van der Waals surface area contributed by atoms with Gasteiger partial charge in [-0.05, 0) is 0 Å². The number of anilines is 1. The highest BCUT2D eigenvalue weighted by Gasteiger charge is 2.05. The van der Waals surface area contributed by atoms with Gasteiger partial charge >= 0.3 is 0 Å². The topological polar surface area (TPSA) is 67.6 Å². The van der Waals surface area contributed by atoms with Crippen molar-refractivity contribution < 1.29 is 0 Å². The lowest BCUT2D eigenvalue weighted by Gasteiger charge is -1.92. The van der Waals surface area contributed by atoms with Crippen LogP contribution in [0.5, 0.6) is 0 Å². The van der Waals surface area contributed by atoms with Crippen LogP contribution < -0.4 is 5.73 Å². The molecule has 2 rings (SSSR count). The number of aromatic amines is 1. The van der Waals surface area contributed by atoms with E-state index >= 15 is 0 Å². The fraction of sp³-hybridized carbons (Fsp3) is 0. The van der Waals surface area contributed by atoms with Crippen molar-refractivity contribution in [3.05, 3.63) is 18.1 Å². The van der Waals surface area contributed by atoms with Crippen LogP contribution in [0, 0.1) is 12.3 Å². The summed E-state index contributed by atoms with van der Waals surface area (Å²) in [6.45, 7) is 0. The van der Waals surface area contributed by atoms with Crippen LogP contribution in [0.15, 0.2) is 12.5 Å². The maximum absolute atomic E-state index is 5.61. The molecule has 3 N–H and O–H groups in total. The molecule has 0 bridgehead atoms. The van der Waals surface area contributed by atoms with Crippen molar-refractivity contribution in [1.82, 2.24) is 15.0 Å². The zero-order chi connectivity index (χ0) is 8.55. The number of hydrogen-bond acceptors (Lipinski definition) is 3. The Morgan fingerprint density at radius 2 is 2.33 bits per heavy atom. The van der Waals surface area contributed by atoms with E-state index in [0.29, 0.717) is 17.0 Å². The second kappa shape index (κ2) is 2.24. The van der Waals surface area contributed by atoms with Crippen LogP contribution in [0.3, 0.4) is 0 Å². The minimum Gasteiger partial charge on any atom is -0.383 e. The number of nitrogen functional groups attached to an aromatic ring is 1. The van der Waals surface area contributed by atoms with Crippen molar-refractivity contribution in [1.29, 1.82) is 0 Å². The van der Waals surface area contributed by atoms with Crippen molar-refractivity contribution in [3.8, 4) is 12.3 Å². The predicted molar refractivity (Wildman–Crippen MR) is 46.2 cm³/mol. The molecule has 12 heavy (non-hydrogen) atoms. The van der Waals surface area contributed by atoms with Gasteiger partial charge in [-0.25, -0.2) is 9.97 Å². The SMILES string of the molecule is C#Cc1c[nH]c2ncnc(N)c12. The van der Waals surface area contributed by atoms with E-state index in [0.717, 1.165) is 5.39 Å². The van der Waals surface area contributed by atoms with Gasteiger partial charge in [-0.15, -0.1) is 6.42 Å². The second-order valence-corrected chi connectivity index (χ2v) is 2.33. The molecule has 4 nitrogen and oxygen atoms in total. The van der Waals surface area contributed by atoms with Crippen molar-refractivity contribution in [2.75, 3.05) is 5.73 Å². The lowest BCUT2D eigenvalue weighted by Crippen LogP contribution is -1.92. The van der Waals surface area contributed by atoms with Crippen LogP contribution in [0.4, 0.5) is 5.82 Å². The van der Waals surface area contributed by atoms with Gasteiger partial charge in [0.05, 0.1) is 10.9 Å². The number of fused-ring (bicyclic) bond motifs is 1. The van der Waals surface area contributed by atoms with Crippen LogP contribution in [0.1, 0.15) is 5.56 Å². The smallest absolute Gasteiger partial charge is 0.144 e. The molecule has 2 aromatic rings. The average Bonchev–Trinajstić information content (AvgIpc) is 2.49. The van der Waals surface area contributed by atoms with Crippen molar-refractivity contribution in [3.63, 3.8) is 0 Å². The average molecular weight is 158 g/mol. The van der Waals surface area contributed by atoms with Gasteiger partial charge in [-0.2, -0.15) is 0 Å². The number of hydrogen-bond donors (Lipinski definition) is 2. The van der Waals surface area contributed by atoms with Crippen LogP contribution in [0.2, 0.25) is 0 Å². The van der Waals surface area contributed by atoms with E-state index < -0.39 is 0 Å². The summed E-state index contributed by atoms with van der Waals surface area (Å²) in [6.07, 6.45) is 8.34. The first kappa shape index (κ1) is 6.68. The summed E-state index contributed by atoms with van der Waals surface area (Å²) in [7, 11) is 0. The maximum atomic E-state index is 5.61. The Kier molecular flexibility index (Phi) is 1.25. The molecule has 0 aromatic carbocycles. The number of rotatable bonds is 0. The Hall–Kier alpha value is -2.02. The monoisotopic (exact) mass is 158 g/mol. The van der Waals surface area contributed by atoms with Gasteiger partial charge in [-0.3, -0.25) is 0 Å². The number of terminal acetylenes is 1. The Morgan fingerprint density at radius 3 is 3.08 bits per heavy atom. The lowest BCUT2D eigenvalue weighted by atomic mass is 10.2. The molecular weight excluding hydrogens is 152 g/mol. The molecule has 0 atom stereocenters. The second-order valence-electron chi connectivity index (χ2n) is 2.33. The molecule has 0 aliphatic heterocycles. The van der Waals surface area contributed by atoms with Crippen LogP contribution in [-0.2, 0) is 0 Å². The predicted octanol–water partition coefficient (Wildman–Crippen LogP) is 0.521. The third-order valence-electron chi connectivity index (χ3n) is 1.65. The third-order valence-corrected chi connectivity index (χ3v) is 1.65. The summed E-state index contributed by atoms with van der Waals surface area (Å²) in [5, 5.41) is 0.722. The van der Waals surface area contributed by atoms with Crippen molar-refractivity contribution >= 4 is 16.9 Å². The van der Waals surface area contributed by atoms with E-state index in [-0.39, 0.29) is 0 Å². The Balaban J connectivity index is 2.95. The van der Waals surface area contributed by atoms with E-state index in [9.17, 15) is 0 Å². The molecule has 4 heteroatoms. The van der Waals surface area contributed by atoms with E-state index in [1.54, 1.807) is 6.20 Å². The fourth-order valence-electron chi connectivity index (χ4n) is 1.10. The standard InChI is InChI=1S/C8H6N4/c1-2-5-3-10-8-6(5)7(9)11-4-12-8/h1,3-4H,(H3,9,10,11,12). The quantitative estimate of drug-likeness (QED) is 0.549. The molecular formula is C8H6N4. The Morgan fingerprint density at radius 1 is 1.50 bits per heavy atom. The largest absolute Gasteiger partial charge is 0.383 e. The summed E-state index contributed by atoms with van der Waals surface area (Å²) in [5.74, 6) is 2.91. The highest BCUT2D eigenvalue weighted by atomic mass is 15.0. The number of nitrogens with two attached hydrogens (primary N) is 1. The fourth-order valence-corrected chi connectivity index (χ4v) is 1.10. The number of aromatic nitrogens is 3. The first-order chi connectivity index (χ1) is 5.83. The van der Waals surface area contributed by atoms with Gasteiger partial charge in [0, 0.05) is 6.20 Å². The summed E-state index contributed by atoms with van der Waals surface area (Å²) in [6, 6.07) is 0. The molecule has 0 aliphatic carbocycles. The van der Waals surface area contributed by atoms with Crippen LogP contribution >= 0.6 is 0 Å². The summed E-state index contributed by atoms with van der Waals surface area (Å²) in [5.41, 5.74) is 6.98. The van der Waals surface area contributed by atoms with Crippen LogP contribution in [-0.4, -0.2) is 15.0 Å². The van der Waals surface area contributed by atoms with Crippen molar-refractivity contribution in [2.24, 2.45) is 0 Å². The van der Waals surface area contributed by atoms with Gasteiger partial charge in [0.25, 0.3) is 0 Å². The molecule has 0 fully saturated rings. The van der Waals surface area contributed by atoms with E-state index in [1.807, 2.05) is 0 Å². The Labute approximate surface area is 68.8 Å². The van der Waals surface area contributed by atoms with Gasteiger partial charge in [0.15, 0.2) is 0 Å². The lowest BCUT2D eigenvalue weighted by molar-refractivity contribution is 1.21. The summed E-state index contributed by atoms with van der Waals surface area (Å²) >= 11 is 0. The molecule has 0 saturated carbocycles. The van der Waals surface area contributed by atoms with E-state index in [1.165, 1.54) is 6.33 Å². The molecule has 0 radical (unpaired) electrons. The number of H-pyrrole nitrogens is 1. The summed E-state index contributed by atoms with van der Waals surface area (Å²) < 4.78 is 0. The highest BCUT2D eigenvalue weighted by Crippen LogP contribution is 2.19. The van der Waals surface area contributed by atoms with Crippen LogP contribution in [0.25, 0.3) is 11.0 Å². The molecule has 0 spiro atoms. The normalized spacial score (nSPS) is 9.92. The molecule has 0 unspecified atom stereocenters. The first-order valence-electron chi connectivity index (χ1n) is 3.37. The van der Waals surface area contributed by atoms with E-state index in [4.69, 9.17) is 12.2 Å². The molecule has 2 heterocycles. The highest BCUT2D eigenvalue weighted by molar-refractivity contribution is 5.91. The van der Waals surface area contributed by atoms with Crippen molar-refractivity contribution in [2.45, 2.75) is 0 Å². The number of nitrogens with zero attached hydrogens (tertiary/aromatic N) is 2. The first-order valence-corrected chi connectivity index (χ1v) is 3.37. The molecule has 0 aliphatic rings. The molecule has 2 aromatic heterocycles. The van der Waals surface area contributed by atoms with Gasteiger partial charge in [-0.1, -0.05) is 5.92 Å². The van der Waals surface area contributed by atoms with Gasteiger partial charge < -0.3 is 10.7 Å². The van der Waals surface area contributed by atoms with E-state index in [2.05, 4.69) is 20.9 Å². The zero-order valence-corrected chi connectivity index (χ0v) is 6.20. The molecule has 0 saturated heterocycles. The minimum absolute atomic E-state index is 0.411. The molecule has 0 amide bonds. The van der Waals surface area contributed by atoms with Gasteiger partial charge in [0.1, 0.15) is 17.8 Å². The molecule has 58 valence electrons. The third kappa shape index (κ3) is 0.736. The Bertz CT molecular complexity index is 463.